The lowest BCUT2D eigenvalue weighted by molar-refractivity contribution is -0.137. The van der Waals surface area contributed by atoms with Crippen LogP contribution in [0.25, 0.3) is 11.4 Å². The molecule has 10 heteroatoms. The number of hydrogen-bond donors (Lipinski definition) is 1. The number of alkyl halides is 3. The molecule has 152 valence electrons. The van der Waals surface area contributed by atoms with Gasteiger partial charge in [0.2, 0.25) is 11.7 Å². The fraction of sp³-hybridized carbons (Fsp3) is 0.211. The van der Waals surface area contributed by atoms with Crippen LogP contribution in [-0.4, -0.2) is 22.7 Å². The summed E-state index contributed by atoms with van der Waals surface area (Å²) in [7, 11) is 0. The summed E-state index contributed by atoms with van der Waals surface area (Å²) in [6.07, 6.45) is -4.50. The summed E-state index contributed by atoms with van der Waals surface area (Å²) in [6, 6.07) is 9.02. The topological polar surface area (TPSA) is 77.2 Å². The molecule has 0 aliphatic rings. The van der Waals surface area contributed by atoms with Gasteiger partial charge >= 0.3 is 6.18 Å². The van der Waals surface area contributed by atoms with Crippen molar-refractivity contribution >= 4 is 5.91 Å². The third kappa shape index (κ3) is 5.31. The summed E-state index contributed by atoms with van der Waals surface area (Å²) in [5, 5.41) is 6.32. The molecule has 1 aromatic heterocycles. The van der Waals surface area contributed by atoms with Crippen molar-refractivity contribution in [2.75, 3.05) is 6.61 Å². The van der Waals surface area contributed by atoms with Crippen molar-refractivity contribution in [3.8, 4) is 17.1 Å². The van der Waals surface area contributed by atoms with Crippen LogP contribution in [0.5, 0.6) is 5.75 Å². The molecule has 2 aromatic carbocycles. The van der Waals surface area contributed by atoms with Crippen molar-refractivity contribution in [1.82, 2.24) is 15.5 Å². The lowest BCUT2D eigenvalue weighted by Crippen LogP contribution is -2.31. The van der Waals surface area contributed by atoms with Crippen LogP contribution in [0.3, 0.4) is 0 Å². The molecule has 1 N–H and O–H groups in total. The predicted octanol–water partition coefficient (Wildman–Crippen LogP) is 4.15. The molecule has 3 aromatic rings. The first-order chi connectivity index (χ1) is 13.7. The minimum absolute atomic E-state index is 0.0842. The summed E-state index contributed by atoms with van der Waals surface area (Å²) >= 11 is 0. The van der Waals surface area contributed by atoms with Gasteiger partial charge in [0.1, 0.15) is 17.6 Å². The molecule has 1 amide bonds. The average molecular weight is 409 g/mol. The molecule has 29 heavy (non-hydrogen) atoms. The van der Waals surface area contributed by atoms with Crippen LogP contribution < -0.4 is 10.1 Å². The average Bonchev–Trinajstić information content (AvgIpc) is 3.17. The van der Waals surface area contributed by atoms with Crippen LogP contribution >= 0.6 is 0 Å². The minimum atomic E-state index is -4.50. The van der Waals surface area contributed by atoms with Gasteiger partial charge in [0.05, 0.1) is 5.56 Å². The molecule has 1 heterocycles. The van der Waals surface area contributed by atoms with Crippen molar-refractivity contribution in [3.05, 3.63) is 65.8 Å². The van der Waals surface area contributed by atoms with Gasteiger partial charge in [-0.3, -0.25) is 4.79 Å². The van der Waals surface area contributed by atoms with Gasteiger partial charge in [0.15, 0.2) is 6.61 Å². The number of halogens is 4. The Morgan fingerprint density at radius 2 is 1.93 bits per heavy atom. The van der Waals surface area contributed by atoms with E-state index < -0.39 is 36.1 Å². The van der Waals surface area contributed by atoms with Crippen LogP contribution in [-0.2, 0) is 11.0 Å². The molecule has 0 radical (unpaired) electrons. The Morgan fingerprint density at radius 1 is 1.21 bits per heavy atom. The van der Waals surface area contributed by atoms with Gasteiger partial charge in [0, 0.05) is 5.56 Å². The second-order valence-corrected chi connectivity index (χ2v) is 6.07. The quantitative estimate of drug-likeness (QED) is 0.619. The summed E-state index contributed by atoms with van der Waals surface area (Å²) in [5.74, 6) is -0.743. The van der Waals surface area contributed by atoms with Gasteiger partial charge in [-0.1, -0.05) is 11.2 Å². The number of ether oxygens (including phenoxy) is 1. The van der Waals surface area contributed by atoms with Crippen molar-refractivity contribution in [1.29, 1.82) is 0 Å². The van der Waals surface area contributed by atoms with Crippen molar-refractivity contribution in [2.24, 2.45) is 0 Å². The maximum atomic E-state index is 13.0. The van der Waals surface area contributed by atoms with E-state index in [0.29, 0.717) is 5.56 Å². The molecule has 1 unspecified atom stereocenters. The number of hydrogen-bond acceptors (Lipinski definition) is 5. The molecule has 6 nitrogen and oxygen atoms in total. The highest BCUT2D eigenvalue weighted by molar-refractivity contribution is 5.77. The Bertz CT molecular complexity index is 987. The molecular weight excluding hydrogens is 394 g/mol. The first kappa shape index (κ1) is 20.3. The SMILES string of the molecule is CC(NC(=O)COc1cccc(C(F)(F)F)c1)c1nc(-c2ccc(F)cc2)no1. The summed E-state index contributed by atoms with van der Waals surface area (Å²) in [4.78, 5) is 16.1. The number of rotatable bonds is 6. The third-order valence-corrected chi connectivity index (χ3v) is 3.82. The van der Waals surface area contributed by atoms with Crippen LogP contribution in [0.1, 0.15) is 24.4 Å². The molecule has 0 aliphatic heterocycles. The van der Waals surface area contributed by atoms with E-state index in [-0.39, 0.29) is 17.5 Å². The van der Waals surface area contributed by atoms with Gasteiger partial charge in [-0.2, -0.15) is 18.2 Å². The van der Waals surface area contributed by atoms with E-state index >= 15 is 0 Å². The molecule has 0 bridgehead atoms. The van der Waals surface area contributed by atoms with Crippen molar-refractivity contribution < 1.29 is 31.6 Å². The molecule has 0 saturated carbocycles. The Balaban J connectivity index is 1.56. The summed E-state index contributed by atoms with van der Waals surface area (Å²) in [6.45, 7) is 1.09. The van der Waals surface area contributed by atoms with Gasteiger partial charge in [0.25, 0.3) is 5.91 Å². The van der Waals surface area contributed by atoms with E-state index in [4.69, 9.17) is 9.26 Å². The number of aromatic nitrogens is 2. The van der Waals surface area contributed by atoms with E-state index in [1.54, 1.807) is 6.92 Å². The lowest BCUT2D eigenvalue weighted by Gasteiger charge is -2.12. The molecule has 3 rings (SSSR count). The first-order valence-corrected chi connectivity index (χ1v) is 8.41. The summed E-state index contributed by atoms with van der Waals surface area (Å²) in [5.41, 5.74) is -0.337. The van der Waals surface area contributed by atoms with Crippen molar-refractivity contribution in [3.63, 3.8) is 0 Å². The molecular formula is C19H15F4N3O3. The standard InChI is InChI=1S/C19H15F4N3O3/c1-11(18-25-17(26-29-18)12-5-7-14(20)8-6-12)24-16(27)10-28-15-4-2-3-13(9-15)19(21,22)23/h2-9,11H,10H2,1H3,(H,24,27). The first-order valence-electron chi connectivity index (χ1n) is 8.41. The smallest absolute Gasteiger partial charge is 0.416 e. The third-order valence-electron chi connectivity index (χ3n) is 3.82. The highest BCUT2D eigenvalue weighted by Gasteiger charge is 2.30. The minimum Gasteiger partial charge on any atom is -0.484 e. The fourth-order valence-corrected chi connectivity index (χ4v) is 2.38. The number of carbonyl (C=O) groups excluding carboxylic acids is 1. The van der Waals surface area contributed by atoms with E-state index in [0.717, 1.165) is 12.1 Å². The second kappa shape index (κ2) is 8.29. The second-order valence-electron chi connectivity index (χ2n) is 6.07. The maximum absolute atomic E-state index is 13.0. The van der Waals surface area contributed by atoms with E-state index in [1.807, 2.05) is 0 Å². The molecule has 0 saturated heterocycles. The van der Waals surface area contributed by atoms with Crippen LogP contribution in [0, 0.1) is 5.82 Å². The Labute approximate surface area is 162 Å². The number of nitrogens with one attached hydrogen (secondary N) is 1. The zero-order valence-electron chi connectivity index (χ0n) is 15.0. The highest BCUT2D eigenvalue weighted by atomic mass is 19.4. The Morgan fingerprint density at radius 3 is 2.62 bits per heavy atom. The molecule has 1 atom stereocenters. The van der Waals surface area contributed by atoms with E-state index in [1.165, 1.54) is 36.4 Å². The van der Waals surface area contributed by atoms with Crippen LogP contribution in [0.4, 0.5) is 17.6 Å². The highest BCUT2D eigenvalue weighted by Crippen LogP contribution is 2.31. The Hall–Kier alpha value is -3.43. The van der Waals surface area contributed by atoms with Crippen LogP contribution in [0.2, 0.25) is 0 Å². The zero-order chi connectivity index (χ0) is 21.0. The Kier molecular flexibility index (Phi) is 5.81. The maximum Gasteiger partial charge on any atom is 0.416 e. The largest absolute Gasteiger partial charge is 0.484 e. The van der Waals surface area contributed by atoms with Gasteiger partial charge in [-0.15, -0.1) is 0 Å². The number of nitrogens with zero attached hydrogens (tertiary/aromatic N) is 2. The lowest BCUT2D eigenvalue weighted by atomic mass is 10.2. The van der Waals surface area contributed by atoms with Crippen molar-refractivity contribution in [2.45, 2.75) is 19.1 Å². The summed E-state index contributed by atoms with van der Waals surface area (Å²) < 4.78 is 61.3. The van der Waals surface area contributed by atoms with E-state index in [9.17, 15) is 22.4 Å². The monoisotopic (exact) mass is 409 g/mol. The molecule has 0 fully saturated rings. The van der Waals surface area contributed by atoms with Gasteiger partial charge < -0.3 is 14.6 Å². The van der Waals surface area contributed by atoms with Gasteiger partial charge in [-0.25, -0.2) is 4.39 Å². The predicted molar refractivity (Wildman–Crippen MR) is 93.2 cm³/mol. The number of benzene rings is 2. The number of carbonyl (C=O) groups is 1. The zero-order valence-corrected chi connectivity index (χ0v) is 15.0. The molecule has 0 spiro atoms. The van der Waals surface area contributed by atoms with Crippen LogP contribution in [0.15, 0.2) is 53.1 Å². The normalized spacial score (nSPS) is 12.4. The number of amides is 1. The van der Waals surface area contributed by atoms with E-state index in [2.05, 4.69) is 15.5 Å². The fourth-order valence-electron chi connectivity index (χ4n) is 2.38. The molecule has 0 aliphatic carbocycles. The van der Waals surface area contributed by atoms with Gasteiger partial charge in [-0.05, 0) is 49.4 Å².